The average Bonchev–Trinajstić information content (AvgIpc) is 2.35. The first-order valence-corrected chi connectivity index (χ1v) is 7.66. The van der Waals surface area contributed by atoms with Gasteiger partial charge in [-0.3, -0.25) is 0 Å². The smallest absolute Gasteiger partial charge is 0.336 e. The van der Waals surface area contributed by atoms with Gasteiger partial charge in [-0.1, -0.05) is 26.3 Å². The number of unbranched alkanes of at least 4 members (excludes halogenated alkanes) is 1. The lowest BCUT2D eigenvalue weighted by Crippen LogP contribution is -2.09. The van der Waals surface area contributed by atoms with Crippen molar-refractivity contribution in [2.75, 3.05) is 5.75 Å². The van der Waals surface area contributed by atoms with E-state index in [0.29, 0.717) is 18.4 Å². The number of aromatic carboxylic acids is 1. The molecule has 0 saturated carbocycles. The number of rotatable bonds is 6. The predicted octanol–water partition coefficient (Wildman–Crippen LogP) is 2.52. The number of aryl methyl sites for hydroxylation is 1. The molecule has 0 aliphatic carbocycles. The fourth-order valence-corrected chi connectivity index (χ4v) is 3.19. The third kappa shape index (κ3) is 3.32. The van der Waals surface area contributed by atoms with Gasteiger partial charge in [0.2, 0.25) is 0 Å². The molecule has 0 aromatic heterocycles. The molecule has 1 aromatic carbocycles. The van der Waals surface area contributed by atoms with Crippen molar-refractivity contribution >= 4 is 15.8 Å². The second kappa shape index (κ2) is 6.00. The minimum absolute atomic E-state index is 0.0635. The summed E-state index contributed by atoms with van der Waals surface area (Å²) < 4.78 is 23.9. The molecule has 0 radical (unpaired) electrons. The first-order valence-electron chi connectivity index (χ1n) is 6.01. The number of sulfone groups is 1. The molecule has 1 rings (SSSR count). The fraction of sp³-hybridized carbons (Fsp3) is 0.462. The van der Waals surface area contributed by atoms with Crippen LogP contribution in [0.25, 0.3) is 0 Å². The SMILES string of the molecule is CCCCS(=O)(=O)c1ccc(CC)c(C(=O)O)c1. The highest BCUT2D eigenvalue weighted by Crippen LogP contribution is 2.19. The van der Waals surface area contributed by atoms with E-state index in [4.69, 9.17) is 5.11 Å². The standard InChI is InChI=1S/C13H18O4S/c1-3-5-8-18(16,17)11-7-6-10(4-2)12(9-11)13(14)15/h6-7,9H,3-5,8H2,1-2H3,(H,14,15). The Balaban J connectivity index is 3.20. The molecule has 0 bridgehead atoms. The van der Waals surface area contributed by atoms with Gasteiger partial charge in [0.05, 0.1) is 16.2 Å². The van der Waals surface area contributed by atoms with E-state index in [9.17, 15) is 13.2 Å². The minimum Gasteiger partial charge on any atom is -0.478 e. The van der Waals surface area contributed by atoms with Crippen LogP contribution >= 0.6 is 0 Å². The first kappa shape index (κ1) is 14.7. The van der Waals surface area contributed by atoms with Crippen molar-refractivity contribution < 1.29 is 18.3 Å². The monoisotopic (exact) mass is 270 g/mol. The molecule has 4 nitrogen and oxygen atoms in total. The Morgan fingerprint density at radius 1 is 1.28 bits per heavy atom. The van der Waals surface area contributed by atoms with Gasteiger partial charge in [0, 0.05) is 0 Å². The summed E-state index contributed by atoms with van der Waals surface area (Å²) in [4.78, 5) is 11.2. The van der Waals surface area contributed by atoms with Crippen molar-refractivity contribution in [1.29, 1.82) is 0 Å². The van der Waals surface area contributed by atoms with Crippen LogP contribution in [0.4, 0.5) is 0 Å². The second-order valence-electron chi connectivity index (χ2n) is 4.15. The Morgan fingerprint density at radius 2 is 1.94 bits per heavy atom. The van der Waals surface area contributed by atoms with E-state index in [2.05, 4.69) is 0 Å². The molecule has 1 N–H and O–H groups in total. The van der Waals surface area contributed by atoms with Gasteiger partial charge in [-0.15, -0.1) is 0 Å². The maximum Gasteiger partial charge on any atom is 0.336 e. The topological polar surface area (TPSA) is 71.4 Å². The first-order chi connectivity index (χ1) is 8.42. The van der Waals surface area contributed by atoms with Gasteiger partial charge in [0.15, 0.2) is 9.84 Å². The summed E-state index contributed by atoms with van der Waals surface area (Å²) in [6.07, 6.45) is 1.94. The Bertz CT molecular complexity index is 532. The zero-order valence-corrected chi connectivity index (χ0v) is 11.5. The highest BCUT2D eigenvalue weighted by atomic mass is 32.2. The lowest BCUT2D eigenvalue weighted by Gasteiger charge is -2.08. The predicted molar refractivity (Wildman–Crippen MR) is 69.7 cm³/mol. The van der Waals surface area contributed by atoms with Crippen LogP contribution in [0.3, 0.4) is 0 Å². The third-order valence-electron chi connectivity index (χ3n) is 2.82. The summed E-state index contributed by atoms with van der Waals surface area (Å²) in [6.45, 7) is 3.76. The molecule has 0 unspecified atom stereocenters. The van der Waals surface area contributed by atoms with E-state index < -0.39 is 15.8 Å². The average molecular weight is 270 g/mol. The van der Waals surface area contributed by atoms with Crippen LogP contribution in [0.2, 0.25) is 0 Å². The van der Waals surface area contributed by atoms with E-state index in [-0.39, 0.29) is 16.2 Å². The van der Waals surface area contributed by atoms with Gasteiger partial charge in [0.25, 0.3) is 0 Å². The Morgan fingerprint density at radius 3 is 2.44 bits per heavy atom. The summed E-state index contributed by atoms with van der Waals surface area (Å²) in [6, 6.07) is 4.35. The molecular weight excluding hydrogens is 252 g/mol. The highest BCUT2D eigenvalue weighted by molar-refractivity contribution is 7.91. The van der Waals surface area contributed by atoms with Crippen molar-refractivity contribution in [2.45, 2.75) is 38.0 Å². The molecule has 18 heavy (non-hydrogen) atoms. The molecule has 0 aliphatic rings. The number of carboxylic acid groups (broad SMARTS) is 1. The van der Waals surface area contributed by atoms with Gasteiger partial charge < -0.3 is 5.11 Å². The molecule has 0 saturated heterocycles. The summed E-state index contributed by atoms with van der Waals surface area (Å²) in [5, 5.41) is 9.07. The van der Waals surface area contributed by atoms with Gasteiger partial charge in [0.1, 0.15) is 0 Å². The zero-order chi connectivity index (χ0) is 13.8. The lowest BCUT2D eigenvalue weighted by atomic mass is 10.1. The van der Waals surface area contributed by atoms with Crippen LogP contribution < -0.4 is 0 Å². The largest absolute Gasteiger partial charge is 0.478 e. The number of carbonyl (C=O) groups is 1. The van der Waals surface area contributed by atoms with E-state index in [1.54, 1.807) is 6.07 Å². The third-order valence-corrected chi connectivity index (χ3v) is 4.62. The van der Waals surface area contributed by atoms with Crippen molar-refractivity contribution in [3.8, 4) is 0 Å². The maximum atomic E-state index is 12.0. The summed E-state index contributed by atoms with van der Waals surface area (Å²) in [7, 11) is -3.37. The summed E-state index contributed by atoms with van der Waals surface area (Å²) >= 11 is 0. The van der Waals surface area contributed by atoms with Crippen LogP contribution in [0.1, 0.15) is 42.6 Å². The second-order valence-corrected chi connectivity index (χ2v) is 6.26. The molecule has 0 aliphatic heterocycles. The minimum atomic E-state index is -3.37. The molecule has 1 aromatic rings. The van der Waals surface area contributed by atoms with Crippen molar-refractivity contribution in [3.63, 3.8) is 0 Å². The van der Waals surface area contributed by atoms with Crippen LogP contribution in [-0.2, 0) is 16.3 Å². The van der Waals surface area contributed by atoms with Gasteiger partial charge in [-0.2, -0.15) is 0 Å². The summed E-state index contributed by atoms with van der Waals surface area (Å²) in [5.41, 5.74) is 0.729. The molecule has 5 heteroatoms. The molecule has 0 amide bonds. The number of carboxylic acids is 1. The molecule has 0 spiro atoms. The van der Waals surface area contributed by atoms with E-state index in [0.717, 1.165) is 6.42 Å². The van der Waals surface area contributed by atoms with E-state index in [1.165, 1.54) is 12.1 Å². The Labute approximate surface area is 108 Å². The number of hydrogen-bond acceptors (Lipinski definition) is 3. The molecule has 0 heterocycles. The maximum absolute atomic E-state index is 12.0. The van der Waals surface area contributed by atoms with E-state index >= 15 is 0 Å². The quantitative estimate of drug-likeness (QED) is 0.862. The van der Waals surface area contributed by atoms with Gasteiger partial charge >= 0.3 is 5.97 Å². The number of hydrogen-bond donors (Lipinski definition) is 1. The zero-order valence-electron chi connectivity index (χ0n) is 10.6. The molecule has 0 fully saturated rings. The highest BCUT2D eigenvalue weighted by Gasteiger charge is 2.17. The molecule has 0 atom stereocenters. The fourth-order valence-electron chi connectivity index (χ4n) is 1.71. The van der Waals surface area contributed by atoms with Crippen LogP contribution in [0, 0.1) is 0 Å². The van der Waals surface area contributed by atoms with Gasteiger partial charge in [-0.25, -0.2) is 13.2 Å². The normalized spacial score (nSPS) is 11.4. The summed E-state index contributed by atoms with van der Waals surface area (Å²) in [5.74, 6) is -1.02. The Kier molecular flexibility index (Phi) is 4.90. The Hall–Kier alpha value is -1.36. The lowest BCUT2D eigenvalue weighted by molar-refractivity contribution is 0.0695. The molecule has 100 valence electrons. The number of benzene rings is 1. The van der Waals surface area contributed by atoms with Crippen molar-refractivity contribution in [3.05, 3.63) is 29.3 Å². The molecular formula is C13H18O4S. The van der Waals surface area contributed by atoms with Crippen molar-refractivity contribution in [2.24, 2.45) is 0 Å². The van der Waals surface area contributed by atoms with Crippen LogP contribution in [-0.4, -0.2) is 25.2 Å². The van der Waals surface area contributed by atoms with Crippen molar-refractivity contribution in [1.82, 2.24) is 0 Å². The van der Waals surface area contributed by atoms with Gasteiger partial charge in [-0.05, 0) is 30.5 Å². The van der Waals surface area contributed by atoms with Crippen LogP contribution in [0.5, 0.6) is 0 Å². The van der Waals surface area contributed by atoms with Crippen LogP contribution in [0.15, 0.2) is 23.1 Å². The van der Waals surface area contributed by atoms with E-state index in [1.807, 2.05) is 13.8 Å².